The molecule has 0 bridgehead atoms. The molecule has 0 saturated carbocycles. The Morgan fingerprint density at radius 2 is 1.89 bits per heavy atom. The van der Waals surface area contributed by atoms with Gasteiger partial charge in [0.2, 0.25) is 5.91 Å². The number of nitrogens with one attached hydrogen (secondary N) is 1. The number of likely N-dealkylation sites (N-methyl/N-ethyl adjacent to an activating group) is 1. The number of carbonyl (C=O) groups excluding carboxylic acids is 2. The maximum atomic E-state index is 12.9. The van der Waals surface area contributed by atoms with Crippen molar-refractivity contribution >= 4 is 23.4 Å². The van der Waals surface area contributed by atoms with Crippen molar-refractivity contribution in [2.24, 2.45) is 0 Å². The Morgan fingerprint density at radius 1 is 1.18 bits per heavy atom. The summed E-state index contributed by atoms with van der Waals surface area (Å²) in [5, 5.41) is 3.30. The average molecular weight is 403 g/mol. The van der Waals surface area contributed by atoms with Crippen LogP contribution in [0.4, 0.5) is 0 Å². The lowest BCUT2D eigenvalue weighted by molar-refractivity contribution is -0.142. The van der Waals surface area contributed by atoms with Crippen LogP contribution in [0.25, 0.3) is 0 Å². The van der Waals surface area contributed by atoms with Crippen molar-refractivity contribution in [1.29, 1.82) is 0 Å². The minimum absolute atomic E-state index is 0.136. The van der Waals surface area contributed by atoms with Gasteiger partial charge in [0.15, 0.2) is 6.61 Å². The summed E-state index contributed by atoms with van der Waals surface area (Å²) in [4.78, 5) is 26.8. The smallest absolute Gasteiger partial charge is 0.261 e. The fourth-order valence-corrected chi connectivity index (χ4v) is 3.12. The van der Waals surface area contributed by atoms with E-state index in [1.54, 1.807) is 30.1 Å². The SMILES string of the molecule is CC[C@@H](C(=O)NC)N(CCc1ccccc1)C(=O)COc1ccc(Cl)c(C)c1. The largest absolute Gasteiger partial charge is 0.484 e. The lowest BCUT2D eigenvalue weighted by Gasteiger charge is -2.30. The van der Waals surface area contributed by atoms with Gasteiger partial charge in [0.05, 0.1) is 0 Å². The lowest BCUT2D eigenvalue weighted by Crippen LogP contribution is -2.50. The minimum atomic E-state index is -0.531. The molecular weight excluding hydrogens is 376 g/mol. The van der Waals surface area contributed by atoms with Gasteiger partial charge in [0.1, 0.15) is 11.8 Å². The Morgan fingerprint density at radius 3 is 2.50 bits per heavy atom. The molecule has 0 saturated heterocycles. The number of benzene rings is 2. The van der Waals surface area contributed by atoms with Gasteiger partial charge in [-0.3, -0.25) is 9.59 Å². The molecule has 150 valence electrons. The summed E-state index contributed by atoms with van der Waals surface area (Å²) in [6.07, 6.45) is 1.19. The summed E-state index contributed by atoms with van der Waals surface area (Å²) >= 11 is 6.03. The van der Waals surface area contributed by atoms with Crippen LogP contribution in [0.3, 0.4) is 0 Å². The van der Waals surface area contributed by atoms with Gasteiger partial charge in [-0.1, -0.05) is 48.9 Å². The molecule has 0 aliphatic carbocycles. The van der Waals surface area contributed by atoms with Crippen LogP contribution in [0.5, 0.6) is 5.75 Å². The molecule has 0 radical (unpaired) electrons. The Kier molecular flexibility index (Phi) is 8.33. The van der Waals surface area contributed by atoms with Crippen LogP contribution >= 0.6 is 11.6 Å². The van der Waals surface area contributed by atoms with Gasteiger partial charge >= 0.3 is 0 Å². The fourth-order valence-electron chi connectivity index (χ4n) is 3.00. The molecule has 2 amide bonds. The lowest BCUT2D eigenvalue weighted by atomic mass is 10.1. The monoisotopic (exact) mass is 402 g/mol. The molecule has 2 rings (SSSR count). The predicted octanol–water partition coefficient (Wildman–Crippen LogP) is 3.62. The maximum absolute atomic E-state index is 12.9. The molecular formula is C22H27ClN2O3. The Hall–Kier alpha value is -2.53. The van der Waals surface area contributed by atoms with Crippen molar-refractivity contribution in [2.75, 3.05) is 20.2 Å². The normalized spacial score (nSPS) is 11.6. The van der Waals surface area contributed by atoms with Gasteiger partial charge in [-0.15, -0.1) is 0 Å². The van der Waals surface area contributed by atoms with E-state index in [4.69, 9.17) is 16.3 Å². The zero-order chi connectivity index (χ0) is 20.5. The summed E-state index contributed by atoms with van der Waals surface area (Å²) in [5.41, 5.74) is 1.99. The van der Waals surface area contributed by atoms with Crippen LogP contribution < -0.4 is 10.1 Å². The first-order valence-corrected chi connectivity index (χ1v) is 9.78. The summed E-state index contributed by atoms with van der Waals surface area (Å²) < 4.78 is 5.66. The molecule has 28 heavy (non-hydrogen) atoms. The van der Waals surface area contributed by atoms with Crippen LogP contribution in [0.2, 0.25) is 5.02 Å². The number of hydrogen-bond acceptors (Lipinski definition) is 3. The van der Waals surface area contributed by atoms with E-state index in [1.807, 2.05) is 44.2 Å². The first-order valence-electron chi connectivity index (χ1n) is 9.40. The number of rotatable bonds is 9. The highest BCUT2D eigenvalue weighted by molar-refractivity contribution is 6.31. The van der Waals surface area contributed by atoms with Crippen LogP contribution in [0.1, 0.15) is 24.5 Å². The second-order valence-electron chi connectivity index (χ2n) is 6.56. The molecule has 2 aromatic rings. The van der Waals surface area contributed by atoms with E-state index in [1.165, 1.54) is 0 Å². The van der Waals surface area contributed by atoms with Crippen LogP contribution in [-0.4, -0.2) is 43.0 Å². The second kappa shape index (κ2) is 10.7. The zero-order valence-electron chi connectivity index (χ0n) is 16.6. The van der Waals surface area contributed by atoms with Crippen molar-refractivity contribution < 1.29 is 14.3 Å². The maximum Gasteiger partial charge on any atom is 0.261 e. The quantitative estimate of drug-likeness (QED) is 0.696. The molecule has 0 heterocycles. The highest BCUT2D eigenvalue weighted by atomic mass is 35.5. The van der Waals surface area contributed by atoms with Crippen molar-refractivity contribution in [1.82, 2.24) is 10.2 Å². The molecule has 5 nitrogen and oxygen atoms in total. The summed E-state index contributed by atoms with van der Waals surface area (Å²) in [7, 11) is 1.58. The van der Waals surface area contributed by atoms with Crippen LogP contribution in [-0.2, 0) is 16.0 Å². The fraction of sp³-hybridized carbons (Fsp3) is 0.364. The molecule has 1 N–H and O–H groups in total. The van der Waals surface area contributed by atoms with E-state index < -0.39 is 6.04 Å². The Bertz CT molecular complexity index is 796. The number of amides is 2. The molecule has 1 atom stereocenters. The highest BCUT2D eigenvalue weighted by Crippen LogP contribution is 2.21. The molecule has 0 aliphatic heterocycles. The van der Waals surface area contributed by atoms with E-state index in [2.05, 4.69) is 5.32 Å². The highest BCUT2D eigenvalue weighted by Gasteiger charge is 2.27. The third-order valence-electron chi connectivity index (χ3n) is 4.61. The van der Waals surface area contributed by atoms with Crippen molar-refractivity contribution in [3.05, 3.63) is 64.7 Å². The standard InChI is InChI=1S/C22H27ClN2O3/c1-4-20(22(27)24-3)25(13-12-17-8-6-5-7-9-17)21(26)15-28-18-10-11-19(23)16(2)14-18/h5-11,14,20H,4,12-13,15H2,1-3H3,(H,24,27)/t20-/m0/s1. The molecule has 0 aliphatic rings. The van der Waals surface area contributed by atoms with Crippen molar-refractivity contribution in [3.8, 4) is 5.75 Å². The second-order valence-corrected chi connectivity index (χ2v) is 6.97. The van der Waals surface area contributed by atoms with Crippen LogP contribution in [0, 0.1) is 6.92 Å². The number of ether oxygens (including phenoxy) is 1. The van der Waals surface area contributed by atoms with Crippen molar-refractivity contribution in [3.63, 3.8) is 0 Å². The van der Waals surface area contributed by atoms with E-state index in [-0.39, 0.29) is 18.4 Å². The number of carbonyl (C=O) groups is 2. The van der Waals surface area contributed by atoms with E-state index in [9.17, 15) is 9.59 Å². The van der Waals surface area contributed by atoms with Gasteiger partial charge in [0.25, 0.3) is 5.91 Å². The number of aryl methyl sites for hydroxylation is 1. The first-order chi connectivity index (χ1) is 13.5. The van der Waals surface area contributed by atoms with Gasteiger partial charge in [-0.2, -0.15) is 0 Å². The summed E-state index contributed by atoms with van der Waals surface area (Å²) in [6.45, 7) is 4.08. The molecule has 0 aromatic heterocycles. The zero-order valence-corrected chi connectivity index (χ0v) is 17.3. The van der Waals surface area contributed by atoms with E-state index in [0.717, 1.165) is 11.1 Å². The van der Waals surface area contributed by atoms with Gasteiger partial charge < -0.3 is 15.0 Å². The Labute approximate surface area is 171 Å². The van der Waals surface area contributed by atoms with Gasteiger partial charge in [0, 0.05) is 18.6 Å². The third kappa shape index (κ3) is 5.99. The molecule has 6 heteroatoms. The van der Waals surface area contributed by atoms with E-state index in [0.29, 0.717) is 30.2 Å². The number of nitrogens with zero attached hydrogens (tertiary/aromatic N) is 1. The molecule has 0 unspecified atom stereocenters. The van der Waals surface area contributed by atoms with E-state index >= 15 is 0 Å². The summed E-state index contributed by atoms with van der Waals surface area (Å²) in [5.74, 6) is 0.177. The minimum Gasteiger partial charge on any atom is -0.484 e. The van der Waals surface area contributed by atoms with Gasteiger partial charge in [-0.05, 0) is 49.1 Å². The molecule has 0 spiro atoms. The average Bonchev–Trinajstić information content (AvgIpc) is 2.72. The Balaban J connectivity index is 2.10. The molecule has 2 aromatic carbocycles. The van der Waals surface area contributed by atoms with Gasteiger partial charge in [-0.25, -0.2) is 0 Å². The topological polar surface area (TPSA) is 58.6 Å². The van der Waals surface area contributed by atoms with Crippen molar-refractivity contribution in [2.45, 2.75) is 32.7 Å². The number of halogens is 1. The third-order valence-corrected chi connectivity index (χ3v) is 5.03. The predicted molar refractivity (Wildman–Crippen MR) is 112 cm³/mol. The first kappa shape index (κ1) is 21.8. The molecule has 0 fully saturated rings. The van der Waals surface area contributed by atoms with Crippen LogP contribution in [0.15, 0.2) is 48.5 Å². The summed E-state index contributed by atoms with van der Waals surface area (Å²) in [6, 6.07) is 14.6. The number of hydrogen-bond donors (Lipinski definition) is 1.